The Balaban J connectivity index is 2.19. The van der Waals surface area contributed by atoms with Crippen molar-refractivity contribution in [1.82, 2.24) is 0 Å². The van der Waals surface area contributed by atoms with Crippen LogP contribution >= 0.6 is 0 Å². The minimum atomic E-state index is -0.388. The van der Waals surface area contributed by atoms with Crippen molar-refractivity contribution in [1.29, 1.82) is 5.26 Å². The number of nitrogens with zero attached hydrogens (tertiary/aromatic N) is 1. The maximum Gasteiger partial charge on any atom is 0.128 e. The molecule has 0 atom stereocenters. The number of nitriles is 1. The van der Waals surface area contributed by atoms with E-state index in [1.165, 1.54) is 24.3 Å². The molecule has 0 aliphatic rings. The molecule has 0 unspecified atom stereocenters. The first-order chi connectivity index (χ1) is 9.11. The number of halogens is 2. The van der Waals surface area contributed by atoms with Crippen LogP contribution in [0.5, 0.6) is 0 Å². The fourth-order valence-corrected chi connectivity index (χ4v) is 1.77. The molecule has 0 fully saturated rings. The maximum atomic E-state index is 13.6. The highest BCUT2D eigenvalue weighted by Gasteiger charge is 2.06. The highest BCUT2D eigenvalue weighted by Crippen LogP contribution is 2.19. The van der Waals surface area contributed by atoms with E-state index >= 15 is 0 Å². The van der Waals surface area contributed by atoms with Crippen LogP contribution in [0.1, 0.15) is 16.7 Å². The SMILES string of the molecule is Cc1c(F)cccc1NCc1cc(C#N)ccc1F. The predicted octanol–water partition coefficient (Wildman–Crippen LogP) is 3.76. The highest BCUT2D eigenvalue weighted by molar-refractivity contribution is 5.51. The van der Waals surface area contributed by atoms with Gasteiger partial charge in [0.1, 0.15) is 11.6 Å². The smallest absolute Gasteiger partial charge is 0.128 e. The standard InChI is InChI=1S/C15H12F2N2/c1-10-13(16)3-2-4-15(10)19-9-12-7-11(8-18)5-6-14(12)17/h2-7,19H,9H2,1H3. The van der Waals surface area contributed by atoms with E-state index in [0.29, 0.717) is 22.4 Å². The number of anilines is 1. The van der Waals surface area contributed by atoms with Gasteiger partial charge in [-0.05, 0) is 37.3 Å². The third kappa shape index (κ3) is 2.89. The minimum Gasteiger partial charge on any atom is -0.381 e. The summed E-state index contributed by atoms with van der Waals surface area (Å²) in [5.74, 6) is -0.697. The molecule has 0 heterocycles. The van der Waals surface area contributed by atoms with Crippen LogP contribution in [0.25, 0.3) is 0 Å². The quantitative estimate of drug-likeness (QED) is 0.909. The molecule has 2 aromatic carbocycles. The predicted molar refractivity (Wildman–Crippen MR) is 69.6 cm³/mol. The van der Waals surface area contributed by atoms with E-state index in [1.807, 2.05) is 6.07 Å². The van der Waals surface area contributed by atoms with Crippen LogP contribution in [0.2, 0.25) is 0 Å². The first kappa shape index (κ1) is 13.0. The molecule has 2 nitrogen and oxygen atoms in total. The molecule has 1 N–H and O–H groups in total. The Morgan fingerprint density at radius 1 is 1.16 bits per heavy atom. The summed E-state index contributed by atoms with van der Waals surface area (Å²) in [6, 6.07) is 10.8. The van der Waals surface area contributed by atoms with E-state index in [-0.39, 0.29) is 18.2 Å². The Labute approximate surface area is 110 Å². The highest BCUT2D eigenvalue weighted by atomic mass is 19.1. The summed E-state index contributed by atoms with van der Waals surface area (Å²) in [6.07, 6.45) is 0. The van der Waals surface area contributed by atoms with Crippen molar-refractivity contribution >= 4 is 5.69 Å². The zero-order chi connectivity index (χ0) is 13.8. The zero-order valence-corrected chi connectivity index (χ0v) is 10.4. The Kier molecular flexibility index (Phi) is 3.76. The van der Waals surface area contributed by atoms with Gasteiger partial charge < -0.3 is 5.32 Å². The summed E-state index contributed by atoms with van der Waals surface area (Å²) < 4.78 is 26.9. The lowest BCUT2D eigenvalue weighted by Crippen LogP contribution is -2.04. The van der Waals surface area contributed by atoms with Crippen LogP contribution in [-0.4, -0.2) is 0 Å². The first-order valence-corrected chi connectivity index (χ1v) is 5.79. The largest absolute Gasteiger partial charge is 0.381 e. The van der Waals surface area contributed by atoms with Crippen molar-refractivity contribution in [3.8, 4) is 6.07 Å². The third-order valence-electron chi connectivity index (χ3n) is 2.91. The molecule has 0 saturated heterocycles. The van der Waals surface area contributed by atoms with Crippen molar-refractivity contribution in [2.45, 2.75) is 13.5 Å². The average molecular weight is 258 g/mol. The molecule has 2 rings (SSSR count). The first-order valence-electron chi connectivity index (χ1n) is 5.79. The van der Waals surface area contributed by atoms with Gasteiger partial charge >= 0.3 is 0 Å². The molecule has 0 radical (unpaired) electrons. The lowest BCUT2D eigenvalue weighted by Gasteiger charge is -2.10. The van der Waals surface area contributed by atoms with Gasteiger partial charge in [-0.2, -0.15) is 5.26 Å². The van der Waals surface area contributed by atoms with Gasteiger partial charge in [0, 0.05) is 23.4 Å². The van der Waals surface area contributed by atoms with Crippen LogP contribution in [0.3, 0.4) is 0 Å². The van der Waals surface area contributed by atoms with Crippen molar-refractivity contribution in [2.24, 2.45) is 0 Å². The van der Waals surface area contributed by atoms with Crippen LogP contribution in [0.4, 0.5) is 14.5 Å². The Morgan fingerprint density at radius 2 is 1.95 bits per heavy atom. The van der Waals surface area contributed by atoms with Crippen LogP contribution < -0.4 is 5.32 Å². The molecule has 0 aliphatic heterocycles. The second-order valence-corrected chi connectivity index (χ2v) is 4.18. The summed E-state index contributed by atoms with van der Waals surface area (Å²) in [6.45, 7) is 1.85. The fraction of sp³-hybridized carbons (Fsp3) is 0.133. The Hall–Kier alpha value is -2.41. The van der Waals surface area contributed by atoms with Gasteiger partial charge in [0.2, 0.25) is 0 Å². The summed E-state index contributed by atoms with van der Waals surface area (Å²) in [5.41, 5.74) is 1.87. The second kappa shape index (κ2) is 5.49. The van der Waals surface area contributed by atoms with Crippen LogP contribution in [0, 0.1) is 29.9 Å². The molecule has 4 heteroatoms. The molecule has 2 aromatic rings. The number of benzene rings is 2. The number of rotatable bonds is 3. The van der Waals surface area contributed by atoms with E-state index in [2.05, 4.69) is 5.32 Å². The summed E-state index contributed by atoms with van der Waals surface area (Å²) >= 11 is 0. The van der Waals surface area contributed by atoms with E-state index in [0.717, 1.165) is 0 Å². The van der Waals surface area contributed by atoms with Crippen molar-refractivity contribution in [3.05, 3.63) is 64.7 Å². The lowest BCUT2D eigenvalue weighted by atomic mass is 10.1. The topological polar surface area (TPSA) is 35.8 Å². The molecule has 0 aromatic heterocycles. The number of nitrogens with one attached hydrogen (secondary N) is 1. The molecule has 0 aliphatic carbocycles. The summed E-state index contributed by atoms with van der Waals surface area (Å²) in [4.78, 5) is 0. The summed E-state index contributed by atoms with van der Waals surface area (Å²) in [7, 11) is 0. The van der Waals surface area contributed by atoms with Gasteiger partial charge in [-0.25, -0.2) is 8.78 Å². The van der Waals surface area contributed by atoms with Gasteiger partial charge in [-0.15, -0.1) is 0 Å². The van der Waals surface area contributed by atoms with E-state index < -0.39 is 0 Å². The zero-order valence-electron chi connectivity index (χ0n) is 10.4. The lowest BCUT2D eigenvalue weighted by molar-refractivity contribution is 0.612. The van der Waals surface area contributed by atoms with E-state index in [4.69, 9.17) is 5.26 Å². The molecule has 19 heavy (non-hydrogen) atoms. The molecular formula is C15H12F2N2. The average Bonchev–Trinajstić information content (AvgIpc) is 2.42. The molecular weight excluding hydrogens is 246 g/mol. The van der Waals surface area contributed by atoms with Gasteiger partial charge in [0.05, 0.1) is 11.6 Å². The van der Waals surface area contributed by atoms with Crippen molar-refractivity contribution in [2.75, 3.05) is 5.32 Å². The van der Waals surface area contributed by atoms with E-state index in [1.54, 1.807) is 19.1 Å². The molecule has 96 valence electrons. The molecule has 0 amide bonds. The second-order valence-electron chi connectivity index (χ2n) is 4.18. The minimum absolute atomic E-state index is 0.200. The van der Waals surface area contributed by atoms with Crippen molar-refractivity contribution < 1.29 is 8.78 Å². The van der Waals surface area contributed by atoms with Crippen LogP contribution in [0.15, 0.2) is 36.4 Å². The number of hydrogen-bond acceptors (Lipinski definition) is 2. The van der Waals surface area contributed by atoms with Gasteiger partial charge in [0.25, 0.3) is 0 Å². The number of hydrogen-bond donors (Lipinski definition) is 1. The molecule has 0 saturated carbocycles. The van der Waals surface area contributed by atoms with E-state index in [9.17, 15) is 8.78 Å². The normalized spacial score (nSPS) is 10.0. The summed E-state index contributed by atoms with van der Waals surface area (Å²) in [5, 5.41) is 11.7. The fourth-order valence-electron chi connectivity index (χ4n) is 1.77. The van der Waals surface area contributed by atoms with Crippen molar-refractivity contribution in [3.63, 3.8) is 0 Å². The Bertz CT molecular complexity index is 645. The third-order valence-corrected chi connectivity index (χ3v) is 2.91. The molecule has 0 spiro atoms. The maximum absolute atomic E-state index is 13.6. The van der Waals surface area contributed by atoms with Gasteiger partial charge in [0.15, 0.2) is 0 Å². The molecule has 0 bridgehead atoms. The van der Waals surface area contributed by atoms with Crippen LogP contribution in [-0.2, 0) is 6.54 Å². The van der Waals surface area contributed by atoms with Gasteiger partial charge in [-0.1, -0.05) is 6.07 Å². The van der Waals surface area contributed by atoms with Gasteiger partial charge in [-0.3, -0.25) is 0 Å². The monoisotopic (exact) mass is 258 g/mol. The Morgan fingerprint density at radius 3 is 2.68 bits per heavy atom.